The molecule has 2 aliphatic heterocycles. The maximum Gasteiger partial charge on any atom is 0.302 e. The highest BCUT2D eigenvalue weighted by molar-refractivity contribution is 7.09. The van der Waals surface area contributed by atoms with Crippen LogP contribution in [0.1, 0.15) is 18.2 Å². The van der Waals surface area contributed by atoms with Crippen LogP contribution in [0.2, 0.25) is 0 Å². The highest BCUT2D eigenvalue weighted by atomic mass is 31.0. The molecule has 1 aromatic heterocycles. The minimum absolute atomic E-state index is 0.0878. The lowest BCUT2D eigenvalue weighted by molar-refractivity contribution is -0.0164. The fourth-order valence-electron chi connectivity index (χ4n) is 2.22. The summed E-state index contributed by atoms with van der Waals surface area (Å²) in [7, 11) is 2.20. The predicted octanol–water partition coefficient (Wildman–Crippen LogP) is 0.407. The van der Waals surface area contributed by atoms with Gasteiger partial charge >= 0.3 is 6.01 Å². The number of rotatable bonds is 2. The van der Waals surface area contributed by atoms with Crippen LogP contribution in [-0.2, 0) is 9.26 Å². The number of hydrogen-bond donors (Lipinski definition) is 0. The third-order valence-corrected chi connectivity index (χ3v) is 3.29. The third-order valence-electron chi connectivity index (χ3n) is 3.10. The van der Waals surface area contributed by atoms with E-state index in [0.29, 0.717) is 18.2 Å². The van der Waals surface area contributed by atoms with Crippen LogP contribution in [0, 0.1) is 6.92 Å². The molecule has 4 unspecified atom stereocenters. The van der Waals surface area contributed by atoms with Gasteiger partial charge < -0.3 is 14.0 Å². The monoisotopic (exact) mass is 256 g/mol. The molecule has 17 heavy (non-hydrogen) atoms. The Morgan fingerprint density at radius 2 is 2.53 bits per heavy atom. The number of ether oxygens (including phenoxy) is 2. The second-order valence-electron chi connectivity index (χ2n) is 4.27. The molecule has 7 heteroatoms. The molecule has 0 aliphatic carbocycles. The molecule has 1 saturated heterocycles. The SMILES string of the molecule is Cc1cn2c(nc1=O)OC1CC2OC1COP. The van der Waals surface area contributed by atoms with Gasteiger partial charge in [0.2, 0.25) is 0 Å². The van der Waals surface area contributed by atoms with E-state index in [-0.39, 0.29) is 24.0 Å². The van der Waals surface area contributed by atoms with E-state index in [9.17, 15) is 4.79 Å². The van der Waals surface area contributed by atoms with Crippen LogP contribution in [0.4, 0.5) is 0 Å². The average Bonchev–Trinajstić information content (AvgIpc) is 2.62. The van der Waals surface area contributed by atoms with E-state index < -0.39 is 0 Å². The van der Waals surface area contributed by atoms with Crippen molar-refractivity contribution in [2.75, 3.05) is 6.61 Å². The summed E-state index contributed by atoms with van der Waals surface area (Å²) in [5, 5.41) is 0. The average molecular weight is 256 g/mol. The summed E-state index contributed by atoms with van der Waals surface area (Å²) in [6.45, 7) is 2.18. The summed E-state index contributed by atoms with van der Waals surface area (Å²) in [6.07, 6.45) is 2.18. The van der Waals surface area contributed by atoms with Crippen molar-refractivity contribution < 1.29 is 14.0 Å². The van der Waals surface area contributed by atoms with E-state index in [1.54, 1.807) is 17.7 Å². The quantitative estimate of drug-likeness (QED) is 0.717. The second kappa shape index (κ2) is 4.05. The molecular formula is C10H13N2O4P. The van der Waals surface area contributed by atoms with Gasteiger partial charge in [-0.3, -0.25) is 9.36 Å². The zero-order valence-electron chi connectivity index (χ0n) is 9.33. The third kappa shape index (κ3) is 1.76. The topological polar surface area (TPSA) is 62.6 Å². The number of nitrogens with zero attached hydrogens (tertiary/aromatic N) is 2. The molecule has 0 radical (unpaired) electrons. The first kappa shape index (κ1) is 11.1. The van der Waals surface area contributed by atoms with E-state index in [1.165, 1.54) is 0 Å². The molecule has 0 N–H and O–H groups in total. The minimum atomic E-state index is -0.253. The molecule has 0 saturated carbocycles. The molecular weight excluding hydrogens is 243 g/mol. The van der Waals surface area contributed by atoms with Crippen molar-refractivity contribution in [2.45, 2.75) is 31.8 Å². The van der Waals surface area contributed by atoms with Crippen LogP contribution in [0.25, 0.3) is 0 Å². The Bertz CT molecular complexity index is 504. The van der Waals surface area contributed by atoms with E-state index in [4.69, 9.17) is 14.0 Å². The van der Waals surface area contributed by atoms with Crippen LogP contribution >= 0.6 is 9.47 Å². The van der Waals surface area contributed by atoms with Crippen LogP contribution in [0.15, 0.2) is 11.0 Å². The number of aromatic nitrogens is 2. The Morgan fingerprint density at radius 3 is 3.29 bits per heavy atom. The maximum atomic E-state index is 11.5. The van der Waals surface area contributed by atoms with Gasteiger partial charge in [0.05, 0.1) is 6.61 Å². The van der Waals surface area contributed by atoms with Crippen molar-refractivity contribution in [2.24, 2.45) is 0 Å². The number of aryl methyl sites for hydroxylation is 1. The van der Waals surface area contributed by atoms with Crippen LogP contribution in [-0.4, -0.2) is 28.4 Å². The lowest BCUT2D eigenvalue weighted by Gasteiger charge is -2.23. The van der Waals surface area contributed by atoms with Gasteiger partial charge in [0.1, 0.15) is 18.4 Å². The largest absolute Gasteiger partial charge is 0.458 e. The van der Waals surface area contributed by atoms with Crippen LogP contribution < -0.4 is 10.3 Å². The van der Waals surface area contributed by atoms with E-state index in [2.05, 4.69) is 14.5 Å². The standard InChI is InChI=1S/C10H13N2O4P/c1-5-3-12-8-2-6(7(15-8)4-14-17)16-10(12)11-9(5)13/h3,6-8H,2,4,17H2,1H3. The fourth-order valence-corrected chi connectivity index (χ4v) is 2.41. The van der Waals surface area contributed by atoms with Gasteiger partial charge in [-0.25, -0.2) is 0 Å². The van der Waals surface area contributed by atoms with Crippen molar-refractivity contribution in [3.8, 4) is 6.01 Å². The van der Waals surface area contributed by atoms with Gasteiger partial charge in [0, 0.05) is 27.6 Å². The Kier molecular flexibility index (Phi) is 2.65. The second-order valence-corrected chi connectivity index (χ2v) is 4.61. The van der Waals surface area contributed by atoms with E-state index in [1.807, 2.05) is 0 Å². The Labute approximate surface area is 100 Å². The van der Waals surface area contributed by atoms with Crippen molar-refractivity contribution in [1.82, 2.24) is 9.55 Å². The van der Waals surface area contributed by atoms with Gasteiger partial charge in [0.25, 0.3) is 5.56 Å². The molecule has 3 rings (SSSR count). The highest BCUT2D eigenvalue weighted by Gasteiger charge is 2.43. The Morgan fingerprint density at radius 1 is 1.71 bits per heavy atom. The lowest BCUT2D eigenvalue weighted by atomic mass is 10.1. The normalized spacial score (nSPS) is 29.9. The van der Waals surface area contributed by atoms with Gasteiger partial charge in [-0.05, 0) is 6.92 Å². The molecule has 2 bridgehead atoms. The molecule has 1 fully saturated rings. The van der Waals surface area contributed by atoms with Crippen molar-refractivity contribution in [1.29, 1.82) is 0 Å². The van der Waals surface area contributed by atoms with Crippen molar-refractivity contribution >= 4 is 9.47 Å². The summed E-state index contributed by atoms with van der Waals surface area (Å²) in [5.74, 6) is 0. The first-order valence-corrected chi connectivity index (χ1v) is 5.90. The molecule has 3 heterocycles. The van der Waals surface area contributed by atoms with Crippen LogP contribution in [0.3, 0.4) is 0 Å². The molecule has 92 valence electrons. The minimum Gasteiger partial charge on any atom is -0.458 e. The molecule has 4 atom stereocenters. The molecule has 0 spiro atoms. The summed E-state index contributed by atoms with van der Waals surface area (Å²) in [4.78, 5) is 15.4. The van der Waals surface area contributed by atoms with E-state index in [0.717, 1.165) is 6.42 Å². The van der Waals surface area contributed by atoms with Gasteiger partial charge in [-0.15, -0.1) is 0 Å². The molecule has 0 aromatic carbocycles. The Hall–Kier alpha value is -0.970. The molecule has 1 aromatic rings. The molecule has 2 aliphatic rings. The fraction of sp³-hybridized carbons (Fsp3) is 0.600. The smallest absolute Gasteiger partial charge is 0.302 e. The van der Waals surface area contributed by atoms with Crippen molar-refractivity contribution in [3.05, 3.63) is 22.1 Å². The van der Waals surface area contributed by atoms with Crippen molar-refractivity contribution in [3.63, 3.8) is 0 Å². The summed E-state index contributed by atoms with van der Waals surface area (Å²) in [6, 6.07) is 0.341. The Balaban J connectivity index is 1.97. The maximum absolute atomic E-state index is 11.5. The first-order chi connectivity index (χ1) is 8.19. The van der Waals surface area contributed by atoms with Gasteiger partial charge in [0.15, 0.2) is 0 Å². The summed E-state index contributed by atoms with van der Waals surface area (Å²) >= 11 is 0. The molecule has 6 nitrogen and oxygen atoms in total. The summed E-state index contributed by atoms with van der Waals surface area (Å²) < 4.78 is 18.2. The zero-order valence-corrected chi connectivity index (χ0v) is 10.5. The zero-order chi connectivity index (χ0) is 12.0. The van der Waals surface area contributed by atoms with Gasteiger partial charge in [-0.2, -0.15) is 4.98 Å². The molecule has 0 amide bonds. The lowest BCUT2D eigenvalue weighted by Crippen LogP contribution is -2.33. The van der Waals surface area contributed by atoms with Gasteiger partial charge in [-0.1, -0.05) is 0 Å². The highest BCUT2D eigenvalue weighted by Crippen LogP contribution is 2.37. The predicted molar refractivity (Wildman–Crippen MR) is 61.8 cm³/mol. The van der Waals surface area contributed by atoms with Crippen LogP contribution in [0.5, 0.6) is 6.01 Å². The number of fused-ring (bicyclic) bond motifs is 4. The van der Waals surface area contributed by atoms with E-state index >= 15 is 0 Å². The first-order valence-electron chi connectivity index (χ1n) is 5.42. The summed E-state index contributed by atoms with van der Waals surface area (Å²) in [5.41, 5.74) is 0.335. The number of hydrogen-bond acceptors (Lipinski definition) is 5.